The zero-order valence-corrected chi connectivity index (χ0v) is 16.1. The summed E-state index contributed by atoms with van der Waals surface area (Å²) < 4.78 is 0. The van der Waals surface area contributed by atoms with Crippen molar-refractivity contribution in [2.24, 2.45) is 0 Å². The van der Waals surface area contributed by atoms with Gasteiger partial charge in [-0.2, -0.15) is 0 Å². The lowest BCUT2D eigenvalue weighted by Crippen LogP contribution is -2.43. The van der Waals surface area contributed by atoms with Crippen LogP contribution in [0.25, 0.3) is 10.8 Å². The van der Waals surface area contributed by atoms with E-state index < -0.39 is 5.54 Å². The number of benzene rings is 3. The Morgan fingerprint density at radius 3 is 2.39 bits per heavy atom. The third-order valence-corrected chi connectivity index (χ3v) is 5.28. The number of hydrogen-bond donors (Lipinski definition) is 1. The van der Waals surface area contributed by atoms with Gasteiger partial charge >= 0.3 is 6.03 Å². The summed E-state index contributed by atoms with van der Waals surface area (Å²) in [5, 5.41) is 4.94. The number of fused-ring (bicyclic) bond motifs is 1. The molecular formula is C23H23N3O2. The zero-order chi connectivity index (χ0) is 19.7. The Labute approximate surface area is 164 Å². The summed E-state index contributed by atoms with van der Waals surface area (Å²) in [5.74, 6) is -0.228. The van der Waals surface area contributed by atoms with Crippen molar-refractivity contribution in [3.63, 3.8) is 0 Å². The highest BCUT2D eigenvalue weighted by atomic mass is 16.2. The number of amides is 3. The molecule has 1 heterocycles. The minimum Gasteiger partial charge on any atom is -0.319 e. The highest BCUT2D eigenvalue weighted by Crippen LogP contribution is 2.33. The summed E-state index contributed by atoms with van der Waals surface area (Å²) in [6.45, 7) is 2.68. The summed E-state index contributed by atoms with van der Waals surface area (Å²) in [5.41, 5.74) is 0.872. The van der Waals surface area contributed by atoms with Crippen molar-refractivity contribution < 1.29 is 9.59 Å². The summed E-state index contributed by atoms with van der Waals surface area (Å²) in [6.07, 6.45) is 0. The first-order valence-electron chi connectivity index (χ1n) is 9.34. The van der Waals surface area contributed by atoms with Gasteiger partial charge in [0.2, 0.25) is 0 Å². The molecule has 0 spiro atoms. The highest BCUT2D eigenvalue weighted by molar-refractivity contribution is 6.09. The fourth-order valence-electron chi connectivity index (χ4n) is 3.86. The lowest BCUT2D eigenvalue weighted by atomic mass is 9.88. The van der Waals surface area contributed by atoms with E-state index in [1.54, 1.807) is 6.92 Å². The van der Waals surface area contributed by atoms with E-state index in [4.69, 9.17) is 0 Å². The molecule has 0 aliphatic carbocycles. The molecule has 0 bridgehead atoms. The quantitative estimate of drug-likeness (QED) is 0.694. The Morgan fingerprint density at radius 1 is 0.929 bits per heavy atom. The monoisotopic (exact) mass is 373 g/mol. The van der Waals surface area contributed by atoms with Crippen molar-refractivity contribution in [1.82, 2.24) is 15.1 Å². The van der Waals surface area contributed by atoms with E-state index in [9.17, 15) is 9.59 Å². The molecule has 28 heavy (non-hydrogen) atoms. The zero-order valence-electron chi connectivity index (χ0n) is 16.1. The predicted octanol–water partition coefficient (Wildman–Crippen LogP) is 3.70. The lowest BCUT2D eigenvalue weighted by Gasteiger charge is -2.25. The van der Waals surface area contributed by atoms with Crippen molar-refractivity contribution in [2.45, 2.75) is 19.0 Å². The first-order valence-corrected chi connectivity index (χ1v) is 9.34. The van der Waals surface area contributed by atoms with Gasteiger partial charge in [0.1, 0.15) is 5.54 Å². The van der Waals surface area contributed by atoms with Crippen LogP contribution in [0, 0.1) is 0 Å². The minimum absolute atomic E-state index is 0.228. The number of nitrogens with zero attached hydrogens (tertiary/aromatic N) is 2. The third kappa shape index (κ3) is 3.14. The Morgan fingerprint density at radius 2 is 1.61 bits per heavy atom. The largest absolute Gasteiger partial charge is 0.326 e. The number of carbonyl (C=O) groups is 2. The van der Waals surface area contributed by atoms with Crippen LogP contribution in [0.15, 0.2) is 72.8 Å². The first kappa shape index (κ1) is 18.2. The van der Waals surface area contributed by atoms with Crippen molar-refractivity contribution in [3.05, 3.63) is 83.9 Å². The molecule has 4 rings (SSSR count). The third-order valence-electron chi connectivity index (χ3n) is 5.28. The maximum atomic E-state index is 13.3. The molecule has 1 fully saturated rings. The number of carbonyl (C=O) groups excluding carboxylic acids is 2. The van der Waals surface area contributed by atoms with Crippen LogP contribution in [0.2, 0.25) is 0 Å². The van der Waals surface area contributed by atoms with Gasteiger partial charge in [-0.3, -0.25) is 9.69 Å². The van der Waals surface area contributed by atoms with Gasteiger partial charge < -0.3 is 5.32 Å². The van der Waals surface area contributed by atoms with Crippen LogP contribution in [0.1, 0.15) is 18.1 Å². The van der Waals surface area contributed by atoms with Gasteiger partial charge in [-0.15, -0.1) is 0 Å². The normalized spacial score (nSPS) is 19.5. The second-order valence-electron chi connectivity index (χ2n) is 7.46. The van der Waals surface area contributed by atoms with Gasteiger partial charge in [0, 0.05) is 6.54 Å². The molecule has 3 aromatic rings. The number of imide groups is 1. The summed E-state index contributed by atoms with van der Waals surface area (Å²) in [4.78, 5) is 29.2. The average Bonchev–Trinajstić information content (AvgIpc) is 2.92. The molecule has 0 radical (unpaired) electrons. The summed E-state index contributed by atoms with van der Waals surface area (Å²) in [6, 6.07) is 23.4. The van der Waals surface area contributed by atoms with E-state index in [1.807, 2.05) is 84.7 Å². The number of rotatable bonds is 5. The minimum atomic E-state index is -1.08. The molecule has 0 aromatic heterocycles. The van der Waals surface area contributed by atoms with Crippen LogP contribution in [0.4, 0.5) is 4.79 Å². The molecule has 1 saturated heterocycles. The Hall–Kier alpha value is -3.18. The van der Waals surface area contributed by atoms with E-state index in [0.29, 0.717) is 6.54 Å². The van der Waals surface area contributed by atoms with Gasteiger partial charge in [0.15, 0.2) is 0 Å². The van der Waals surface area contributed by atoms with Crippen molar-refractivity contribution in [1.29, 1.82) is 0 Å². The van der Waals surface area contributed by atoms with Crippen LogP contribution >= 0.6 is 0 Å². The molecule has 142 valence electrons. The predicted molar refractivity (Wildman–Crippen MR) is 109 cm³/mol. The SMILES string of the molecule is CN(Cc1ccccc1)CN1C(=O)N[C@](C)(c2cccc3ccccc23)C1=O. The lowest BCUT2D eigenvalue weighted by molar-refractivity contribution is -0.132. The topological polar surface area (TPSA) is 52.6 Å². The van der Waals surface area contributed by atoms with Crippen LogP contribution in [-0.2, 0) is 16.9 Å². The van der Waals surface area contributed by atoms with Crippen molar-refractivity contribution >= 4 is 22.7 Å². The van der Waals surface area contributed by atoms with Crippen LogP contribution in [0.5, 0.6) is 0 Å². The Balaban J connectivity index is 1.59. The maximum absolute atomic E-state index is 13.3. The number of nitrogens with one attached hydrogen (secondary N) is 1. The Kier molecular flexibility index (Phi) is 4.61. The molecule has 5 nitrogen and oxygen atoms in total. The van der Waals surface area contributed by atoms with E-state index in [1.165, 1.54) is 4.90 Å². The van der Waals surface area contributed by atoms with Crippen LogP contribution in [-0.4, -0.2) is 35.5 Å². The molecular weight excluding hydrogens is 350 g/mol. The van der Waals surface area contributed by atoms with Crippen LogP contribution in [0.3, 0.4) is 0 Å². The maximum Gasteiger partial charge on any atom is 0.326 e. The van der Waals surface area contributed by atoms with Crippen molar-refractivity contribution in [2.75, 3.05) is 13.7 Å². The van der Waals surface area contributed by atoms with Crippen molar-refractivity contribution in [3.8, 4) is 0 Å². The molecule has 3 aromatic carbocycles. The average molecular weight is 373 g/mol. The summed E-state index contributed by atoms with van der Waals surface area (Å²) in [7, 11) is 1.90. The van der Waals surface area contributed by atoms with Gasteiger partial charge in [0.05, 0.1) is 6.67 Å². The van der Waals surface area contributed by atoms with Gasteiger partial charge in [-0.05, 0) is 35.9 Å². The van der Waals surface area contributed by atoms with Gasteiger partial charge in [-0.25, -0.2) is 9.69 Å². The number of urea groups is 1. The Bertz CT molecular complexity index is 1030. The van der Waals surface area contributed by atoms with Crippen LogP contribution < -0.4 is 5.32 Å². The fourth-order valence-corrected chi connectivity index (χ4v) is 3.86. The van der Waals surface area contributed by atoms with Gasteiger partial charge in [-0.1, -0.05) is 72.8 Å². The highest BCUT2D eigenvalue weighted by Gasteiger charge is 2.49. The second kappa shape index (κ2) is 7.09. The second-order valence-corrected chi connectivity index (χ2v) is 7.46. The molecule has 3 amide bonds. The molecule has 1 aliphatic rings. The molecule has 5 heteroatoms. The molecule has 0 unspecified atom stereocenters. The molecule has 1 N–H and O–H groups in total. The first-order chi connectivity index (χ1) is 13.5. The van der Waals surface area contributed by atoms with Gasteiger partial charge in [0.25, 0.3) is 5.91 Å². The smallest absolute Gasteiger partial charge is 0.319 e. The summed E-state index contributed by atoms with van der Waals surface area (Å²) >= 11 is 0. The van der Waals surface area contributed by atoms with E-state index in [-0.39, 0.29) is 18.6 Å². The molecule has 1 atom stereocenters. The van der Waals surface area contributed by atoms with E-state index in [0.717, 1.165) is 21.9 Å². The fraction of sp³-hybridized carbons (Fsp3) is 0.217. The molecule has 1 aliphatic heterocycles. The van der Waals surface area contributed by atoms with E-state index >= 15 is 0 Å². The number of hydrogen-bond acceptors (Lipinski definition) is 3. The molecule has 0 saturated carbocycles. The standard InChI is InChI=1S/C23H23N3O2/c1-23(20-14-8-12-18-11-6-7-13-19(18)20)21(27)26(22(28)24-23)16-25(2)15-17-9-4-3-5-10-17/h3-14H,15-16H2,1-2H3,(H,24,28)/t23-/m1/s1. The van der Waals surface area contributed by atoms with E-state index in [2.05, 4.69) is 5.32 Å².